The normalized spacial score (nSPS) is 16.2. The summed E-state index contributed by atoms with van der Waals surface area (Å²) in [6.45, 7) is 3.59. The highest BCUT2D eigenvalue weighted by atomic mass is 16.6. The number of hydrogen-bond donors (Lipinski definition) is 3. The first-order chi connectivity index (χ1) is 13.3. The zero-order valence-corrected chi connectivity index (χ0v) is 16.0. The van der Waals surface area contributed by atoms with E-state index < -0.39 is 23.6 Å². The minimum absolute atomic E-state index is 0.0160. The standard InChI is InChI=1S/C22H25NO5/c1-13(2)11-19(23)22(27,20(24)25)21(26)28-12-18-16-9-5-3-7-14(16)15-8-4-6-10-17(15)18/h3-10,13,18-19,27H,11-12,23H2,1-2H3,(H,24,25)/t19-,22+/m1/s1. The summed E-state index contributed by atoms with van der Waals surface area (Å²) in [5, 5.41) is 20.0. The molecule has 2 aromatic rings. The topological polar surface area (TPSA) is 110 Å². The number of aliphatic hydroxyl groups is 1. The predicted molar refractivity (Wildman–Crippen MR) is 105 cm³/mol. The van der Waals surface area contributed by atoms with Gasteiger partial charge in [-0.05, 0) is 34.6 Å². The molecular formula is C22H25NO5. The lowest BCUT2D eigenvalue weighted by Crippen LogP contribution is -2.60. The number of carbonyl (C=O) groups excluding carboxylic acids is 1. The lowest BCUT2D eigenvalue weighted by atomic mass is 9.88. The molecule has 2 aromatic carbocycles. The number of nitrogens with two attached hydrogens (primary N) is 1. The first-order valence-electron chi connectivity index (χ1n) is 9.33. The van der Waals surface area contributed by atoms with Gasteiger partial charge in [-0.2, -0.15) is 0 Å². The van der Waals surface area contributed by atoms with Crippen LogP contribution in [0.5, 0.6) is 0 Å². The van der Waals surface area contributed by atoms with E-state index in [4.69, 9.17) is 10.5 Å². The van der Waals surface area contributed by atoms with Crippen molar-refractivity contribution >= 4 is 11.9 Å². The molecule has 0 unspecified atom stereocenters. The van der Waals surface area contributed by atoms with E-state index >= 15 is 0 Å². The van der Waals surface area contributed by atoms with E-state index in [9.17, 15) is 19.8 Å². The van der Waals surface area contributed by atoms with Crippen LogP contribution in [-0.4, -0.2) is 40.4 Å². The quantitative estimate of drug-likeness (QED) is 0.501. The minimum Gasteiger partial charge on any atom is -0.479 e. The number of aliphatic carboxylic acids is 1. The van der Waals surface area contributed by atoms with E-state index in [-0.39, 0.29) is 24.9 Å². The largest absolute Gasteiger partial charge is 0.479 e. The summed E-state index contributed by atoms with van der Waals surface area (Å²) in [6.07, 6.45) is 0.174. The summed E-state index contributed by atoms with van der Waals surface area (Å²) in [6, 6.07) is 14.4. The van der Waals surface area contributed by atoms with Crippen LogP contribution >= 0.6 is 0 Å². The van der Waals surface area contributed by atoms with Crippen LogP contribution in [0.3, 0.4) is 0 Å². The van der Waals surface area contributed by atoms with Crippen molar-refractivity contribution in [2.75, 3.05) is 6.61 Å². The molecule has 0 spiro atoms. The molecule has 28 heavy (non-hydrogen) atoms. The van der Waals surface area contributed by atoms with Gasteiger partial charge in [-0.3, -0.25) is 0 Å². The van der Waals surface area contributed by atoms with Crippen molar-refractivity contribution in [2.45, 2.75) is 37.8 Å². The van der Waals surface area contributed by atoms with E-state index in [0.717, 1.165) is 22.3 Å². The number of carbonyl (C=O) groups is 2. The third kappa shape index (κ3) is 3.41. The fourth-order valence-electron chi connectivity index (χ4n) is 3.78. The van der Waals surface area contributed by atoms with Gasteiger partial charge in [-0.1, -0.05) is 62.4 Å². The van der Waals surface area contributed by atoms with Crippen molar-refractivity contribution in [1.29, 1.82) is 0 Å². The third-order valence-corrected chi connectivity index (χ3v) is 5.24. The van der Waals surface area contributed by atoms with Crippen molar-refractivity contribution in [2.24, 2.45) is 11.7 Å². The Morgan fingerprint density at radius 1 is 1.07 bits per heavy atom. The fourth-order valence-corrected chi connectivity index (χ4v) is 3.78. The summed E-state index contributed by atoms with van der Waals surface area (Å²) in [4.78, 5) is 24.2. The molecule has 0 aliphatic heterocycles. The summed E-state index contributed by atoms with van der Waals surface area (Å²) < 4.78 is 5.32. The third-order valence-electron chi connectivity index (χ3n) is 5.24. The van der Waals surface area contributed by atoms with Crippen LogP contribution in [0.25, 0.3) is 11.1 Å². The molecule has 6 nitrogen and oxygen atoms in total. The van der Waals surface area contributed by atoms with E-state index in [1.807, 2.05) is 62.4 Å². The van der Waals surface area contributed by atoms with Gasteiger partial charge in [0.2, 0.25) is 0 Å². The molecule has 0 heterocycles. The average molecular weight is 383 g/mol. The Morgan fingerprint density at radius 2 is 1.57 bits per heavy atom. The van der Waals surface area contributed by atoms with Crippen molar-refractivity contribution in [1.82, 2.24) is 0 Å². The summed E-state index contributed by atoms with van der Waals surface area (Å²) in [5.74, 6) is -3.13. The summed E-state index contributed by atoms with van der Waals surface area (Å²) in [5.41, 5.74) is 7.21. The molecular weight excluding hydrogens is 358 g/mol. The minimum atomic E-state index is -2.78. The Hall–Kier alpha value is -2.70. The van der Waals surface area contributed by atoms with Gasteiger partial charge in [0.15, 0.2) is 0 Å². The number of benzene rings is 2. The Bertz CT molecular complexity index is 849. The number of esters is 1. The molecule has 0 fully saturated rings. The van der Waals surface area contributed by atoms with Crippen LogP contribution in [-0.2, 0) is 14.3 Å². The van der Waals surface area contributed by atoms with Crippen LogP contribution in [0, 0.1) is 5.92 Å². The van der Waals surface area contributed by atoms with Crippen LogP contribution < -0.4 is 5.73 Å². The van der Waals surface area contributed by atoms with Gasteiger partial charge >= 0.3 is 11.9 Å². The Labute approximate surface area is 163 Å². The lowest BCUT2D eigenvalue weighted by molar-refractivity contribution is -0.183. The van der Waals surface area contributed by atoms with Gasteiger partial charge in [-0.25, -0.2) is 9.59 Å². The Balaban J connectivity index is 1.83. The van der Waals surface area contributed by atoms with E-state index in [1.165, 1.54) is 0 Å². The van der Waals surface area contributed by atoms with Crippen molar-refractivity contribution < 1.29 is 24.5 Å². The molecule has 148 valence electrons. The highest BCUT2D eigenvalue weighted by molar-refractivity contribution is 6.03. The molecule has 6 heteroatoms. The lowest BCUT2D eigenvalue weighted by Gasteiger charge is -2.29. The number of fused-ring (bicyclic) bond motifs is 3. The first-order valence-corrected chi connectivity index (χ1v) is 9.33. The number of hydrogen-bond acceptors (Lipinski definition) is 5. The predicted octanol–water partition coefficient (Wildman–Crippen LogP) is 2.53. The zero-order valence-electron chi connectivity index (χ0n) is 16.0. The fraction of sp³-hybridized carbons (Fsp3) is 0.364. The Kier molecular flexibility index (Phi) is 5.54. The SMILES string of the molecule is CC(C)C[C@@H](N)[C@](O)(C(=O)O)C(=O)OCC1c2ccccc2-c2ccccc21. The van der Waals surface area contributed by atoms with Gasteiger partial charge < -0.3 is 20.7 Å². The number of rotatable bonds is 7. The highest BCUT2D eigenvalue weighted by Crippen LogP contribution is 2.44. The molecule has 0 saturated carbocycles. The van der Waals surface area contributed by atoms with Gasteiger partial charge in [-0.15, -0.1) is 0 Å². The van der Waals surface area contributed by atoms with E-state index in [2.05, 4.69) is 0 Å². The monoisotopic (exact) mass is 383 g/mol. The van der Waals surface area contributed by atoms with Crippen molar-refractivity contribution in [3.63, 3.8) is 0 Å². The summed E-state index contributed by atoms with van der Waals surface area (Å²) >= 11 is 0. The van der Waals surface area contributed by atoms with Crippen molar-refractivity contribution in [3.05, 3.63) is 59.7 Å². The molecule has 3 rings (SSSR count). The molecule has 2 atom stereocenters. The first kappa shape index (κ1) is 20.0. The molecule has 0 radical (unpaired) electrons. The molecule has 4 N–H and O–H groups in total. The van der Waals surface area contributed by atoms with Crippen LogP contribution in [0.2, 0.25) is 0 Å². The maximum Gasteiger partial charge on any atom is 0.351 e. The Morgan fingerprint density at radius 3 is 2.04 bits per heavy atom. The van der Waals surface area contributed by atoms with Gasteiger partial charge in [0.05, 0.1) is 6.04 Å². The van der Waals surface area contributed by atoms with Gasteiger partial charge in [0, 0.05) is 5.92 Å². The zero-order chi connectivity index (χ0) is 20.5. The summed E-state index contributed by atoms with van der Waals surface area (Å²) in [7, 11) is 0. The maximum atomic E-state index is 12.6. The van der Waals surface area contributed by atoms with Crippen LogP contribution in [0.15, 0.2) is 48.5 Å². The molecule has 0 saturated heterocycles. The number of ether oxygens (including phenoxy) is 1. The van der Waals surface area contributed by atoms with E-state index in [0.29, 0.717) is 0 Å². The van der Waals surface area contributed by atoms with E-state index in [1.54, 1.807) is 0 Å². The number of carboxylic acids is 1. The molecule has 1 aliphatic carbocycles. The van der Waals surface area contributed by atoms with Gasteiger partial charge in [0.25, 0.3) is 5.60 Å². The van der Waals surface area contributed by atoms with Crippen LogP contribution in [0.4, 0.5) is 0 Å². The smallest absolute Gasteiger partial charge is 0.351 e. The highest BCUT2D eigenvalue weighted by Gasteiger charge is 2.51. The number of carboxylic acid groups (broad SMARTS) is 1. The molecule has 0 bridgehead atoms. The van der Waals surface area contributed by atoms with Gasteiger partial charge in [0.1, 0.15) is 6.61 Å². The maximum absolute atomic E-state index is 12.6. The average Bonchev–Trinajstić information content (AvgIpc) is 2.98. The van der Waals surface area contributed by atoms with Crippen molar-refractivity contribution in [3.8, 4) is 11.1 Å². The van der Waals surface area contributed by atoms with Crippen LogP contribution in [0.1, 0.15) is 37.3 Å². The molecule has 0 amide bonds. The second-order valence-corrected chi connectivity index (χ2v) is 7.63. The second kappa shape index (κ2) is 7.73. The molecule has 0 aromatic heterocycles. The second-order valence-electron chi connectivity index (χ2n) is 7.63. The molecule has 1 aliphatic rings.